The molecule has 1 aromatic carbocycles. The van der Waals surface area contributed by atoms with E-state index in [-0.39, 0.29) is 18.1 Å². The van der Waals surface area contributed by atoms with Crippen LogP contribution in [0.2, 0.25) is 0 Å². The summed E-state index contributed by atoms with van der Waals surface area (Å²) in [5, 5.41) is 3.21. The molecule has 1 saturated heterocycles. The van der Waals surface area contributed by atoms with E-state index in [4.69, 9.17) is 10.5 Å². The number of nitrogens with one attached hydrogen (secondary N) is 1. The number of hydrogen-bond acceptors (Lipinski definition) is 3. The second-order valence-electron chi connectivity index (χ2n) is 4.69. The molecule has 1 heterocycles. The van der Waals surface area contributed by atoms with Gasteiger partial charge in [0.25, 0.3) is 0 Å². The zero-order valence-corrected chi connectivity index (χ0v) is 10.5. The average Bonchev–Trinajstić information content (AvgIpc) is 2.88. The van der Waals surface area contributed by atoms with Crippen molar-refractivity contribution in [3.05, 3.63) is 35.9 Å². The zero-order chi connectivity index (χ0) is 12.8. The molecule has 18 heavy (non-hydrogen) atoms. The normalized spacial score (nSPS) is 20.8. The zero-order valence-electron chi connectivity index (χ0n) is 10.5. The van der Waals surface area contributed by atoms with Crippen molar-refractivity contribution in [2.75, 3.05) is 13.2 Å². The second kappa shape index (κ2) is 6.52. The minimum absolute atomic E-state index is 0.225. The van der Waals surface area contributed by atoms with Crippen LogP contribution in [0.15, 0.2) is 30.3 Å². The molecule has 2 rings (SSSR count). The van der Waals surface area contributed by atoms with Gasteiger partial charge in [-0.2, -0.15) is 0 Å². The third-order valence-electron chi connectivity index (χ3n) is 3.24. The van der Waals surface area contributed by atoms with E-state index in [2.05, 4.69) is 5.32 Å². The fourth-order valence-corrected chi connectivity index (χ4v) is 2.20. The van der Waals surface area contributed by atoms with E-state index in [1.807, 2.05) is 30.3 Å². The van der Waals surface area contributed by atoms with Gasteiger partial charge in [-0.15, -0.1) is 0 Å². The van der Waals surface area contributed by atoms with E-state index in [0.29, 0.717) is 13.0 Å². The summed E-state index contributed by atoms with van der Waals surface area (Å²) in [6, 6.07) is 9.58. The van der Waals surface area contributed by atoms with Gasteiger partial charge in [0.05, 0.1) is 12.1 Å². The van der Waals surface area contributed by atoms with Crippen molar-refractivity contribution >= 4 is 5.91 Å². The fourth-order valence-electron chi connectivity index (χ4n) is 2.20. The number of ether oxygens (including phenoxy) is 1. The quantitative estimate of drug-likeness (QED) is 0.784. The van der Waals surface area contributed by atoms with Gasteiger partial charge in [0, 0.05) is 13.2 Å². The molecule has 1 amide bonds. The molecule has 3 N–H and O–H groups in total. The van der Waals surface area contributed by atoms with Gasteiger partial charge in [0.15, 0.2) is 0 Å². The molecule has 1 aliphatic heterocycles. The first-order valence-corrected chi connectivity index (χ1v) is 6.44. The van der Waals surface area contributed by atoms with E-state index < -0.39 is 0 Å². The van der Waals surface area contributed by atoms with Crippen molar-refractivity contribution in [2.24, 2.45) is 5.73 Å². The Morgan fingerprint density at radius 1 is 1.44 bits per heavy atom. The number of primary amides is 1. The standard InChI is InChI=1S/C14H20N2O2/c15-14(17)13(9-11-5-2-1-3-6-11)16-10-12-7-4-8-18-12/h1-3,5-6,12-13,16H,4,7-10H2,(H2,15,17). The van der Waals surface area contributed by atoms with Crippen molar-refractivity contribution in [3.8, 4) is 0 Å². The summed E-state index contributed by atoms with van der Waals surface area (Å²) in [6.07, 6.45) is 3.02. The summed E-state index contributed by atoms with van der Waals surface area (Å²) in [7, 11) is 0. The van der Waals surface area contributed by atoms with Crippen LogP contribution < -0.4 is 11.1 Å². The van der Waals surface area contributed by atoms with Gasteiger partial charge in [-0.3, -0.25) is 4.79 Å². The van der Waals surface area contributed by atoms with Crippen molar-refractivity contribution in [2.45, 2.75) is 31.4 Å². The molecular formula is C14H20N2O2. The minimum Gasteiger partial charge on any atom is -0.377 e. The number of benzene rings is 1. The minimum atomic E-state index is -0.323. The van der Waals surface area contributed by atoms with Gasteiger partial charge in [0.2, 0.25) is 5.91 Å². The lowest BCUT2D eigenvalue weighted by Crippen LogP contribution is -2.45. The molecule has 0 saturated carbocycles. The van der Waals surface area contributed by atoms with Crippen LogP contribution in [0.3, 0.4) is 0 Å². The molecule has 2 unspecified atom stereocenters. The molecule has 4 nitrogen and oxygen atoms in total. The van der Waals surface area contributed by atoms with E-state index in [1.165, 1.54) is 0 Å². The molecule has 98 valence electrons. The third-order valence-corrected chi connectivity index (χ3v) is 3.24. The largest absolute Gasteiger partial charge is 0.377 e. The number of carbonyl (C=O) groups is 1. The van der Waals surface area contributed by atoms with Crippen molar-refractivity contribution in [1.29, 1.82) is 0 Å². The third kappa shape index (κ3) is 3.82. The van der Waals surface area contributed by atoms with Crippen LogP contribution in [0.25, 0.3) is 0 Å². The fraction of sp³-hybridized carbons (Fsp3) is 0.500. The molecule has 0 spiro atoms. The van der Waals surface area contributed by atoms with E-state index >= 15 is 0 Å². The van der Waals surface area contributed by atoms with Gasteiger partial charge < -0.3 is 15.8 Å². The monoisotopic (exact) mass is 248 g/mol. The Balaban J connectivity index is 1.85. The molecular weight excluding hydrogens is 228 g/mol. The summed E-state index contributed by atoms with van der Waals surface area (Å²) in [4.78, 5) is 11.4. The number of nitrogens with two attached hydrogens (primary N) is 1. The highest BCUT2D eigenvalue weighted by Crippen LogP contribution is 2.11. The second-order valence-corrected chi connectivity index (χ2v) is 4.69. The number of carbonyl (C=O) groups excluding carboxylic acids is 1. The smallest absolute Gasteiger partial charge is 0.234 e. The van der Waals surface area contributed by atoms with Gasteiger partial charge >= 0.3 is 0 Å². The Hall–Kier alpha value is -1.39. The van der Waals surface area contributed by atoms with Crippen LogP contribution in [0.5, 0.6) is 0 Å². The van der Waals surface area contributed by atoms with E-state index in [1.54, 1.807) is 0 Å². The highest BCUT2D eigenvalue weighted by molar-refractivity contribution is 5.80. The molecule has 4 heteroatoms. The maximum atomic E-state index is 11.4. The molecule has 1 aromatic rings. The van der Waals surface area contributed by atoms with Crippen LogP contribution >= 0.6 is 0 Å². The summed E-state index contributed by atoms with van der Waals surface area (Å²) in [5.41, 5.74) is 6.54. The van der Waals surface area contributed by atoms with Crippen LogP contribution in [-0.2, 0) is 16.0 Å². The SMILES string of the molecule is NC(=O)C(Cc1ccccc1)NCC1CCCO1. The van der Waals surface area contributed by atoms with Crippen LogP contribution in [0, 0.1) is 0 Å². The maximum Gasteiger partial charge on any atom is 0.234 e. The summed E-state index contributed by atoms with van der Waals surface area (Å²) in [5.74, 6) is -0.308. The molecule has 0 radical (unpaired) electrons. The number of hydrogen-bond donors (Lipinski definition) is 2. The Labute approximate surface area is 108 Å². The van der Waals surface area contributed by atoms with Gasteiger partial charge in [-0.25, -0.2) is 0 Å². The summed E-state index contributed by atoms with van der Waals surface area (Å²) < 4.78 is 5.52. The van der Waals surface area contributed by atoms with E-state index in [0.717, 1.165) is 25.0 Å². The lowest BCUT2D eigenvalue weighted by Gasteiger charge is -2.18. The van der Waals surface area contributed by atoms with Gasteiger partial charge in [0.1, 0.15) is 0 Å². The summed E-state index contributed by atoms with van der Waals surface area (Å²) in [6.45, 7) is 1.52. The first kappa shape index (κ1) is 13.1. The lowest BCUT2D eigenvalue weighted by molar-refractivity contribution is -0.120. The van der Waals surface area contributed by atoms with Gasteiger partial charge in [-0.05, 0) is 24.8 Å². The predicted molar refractivity (Wildman–Crippen MR) is 70.1 cm³/mol. The highest BCUT2D eigenvalue weighted by Gasteiger charge is 2.20. The van der Waals surface area contributed by atoms with Crippen LogP contribution in [0.1, 0.15) is 18.4 Å². The Morgan fingerprint density at radius 2 is 2.22 bits per heavy atom. The van der Waals surface area contributed by atoms with Crippen molar-refractivity contribution in [1.82, 2.24) is 5.32 Å². The molecule has 0 aliphatic carbocycles. The Bertz CT molecular complexity index is 375. The Morgan fingerprint density at radius 3 is 2.83 bits per heavy atom. The Kier molecular flexibility index (Phi) is 4.73. The van der Waals surface area contributed by atoms with E-state index in [9.17, 15) is 4.79 Å². The van der Waals surface area contributed by atoms with Crippen molar-refractivity contribution < 1.29 is 9.53 Å². The van der Waals surface area contributed by atoms with Crippen LogP contribution in [0.4, 0.5) is 0 Å². The average molecular weight is 248 g/mol. The first-order valence-electron chi connectivity index (χ1n) is 6.44. The molecule has 0 aromatic heterocycles. The lowest BCUT2D eigenvalue weighted by atomic mass is 10.1. The molecule has 2 atom stereocenters. The van der Waals surface area contributed by atoms with Crippen molar-refractivity contribution in [3.63, 3.8) is 0 Å². The number of amides is 1. The topological polar surface area (TPSA) is 64.4 Å². The maximum absolute atomic E-state index is 11.4. The van der Waals surface area contributed by atoms with Crippen LogP contribution in [-0.4, -0.2) is 31.2 Å². The number of rotatable bonds is 6. The highest BCUT2D eigenvalue weighted by atomic mass is 16.5. The predicted octanol–water partition coefficient (Wildman–Crippen LogP) is 0.852. The first-order chi connectivity index (χ1) is 8.75. The van der Waals surface area contributed by atoms with Gasteiger partial charge in [-0.1, -0.05) is 30.3 Å². The molecule has 1 aliphatic rings. The molecule has 1 fully saturated rings. The molecule has 0 bridgehead atoms. The summed E-state index contributed by atoms with van der Waals surface area (Å²) >= 11 is 0.